The number of ether oxygens (including phenoxy) is 1. The Balaban J connectivity index is 1.44. The zero-order chi connectivity index (χ0) is 30.2. The number of aryl methyl sites for hydroxylation is 1. The van der Waals surface area contributed by atoms with Gasteiger partial charge in [0.15, 0.2) is 0 Å². The average molecular weight is 598 g/mol. The largest absolute Gasteiger partial charge is 0.437 e. The number of hydrogen-bond donors (Lipinski definition) is 3. The first kappa shape index (κ1) is 29.9. The molecule has 1 aromatic carbocycles. The summed E-state index contributed by atoms with van der Waals surface area (Å²) >= 11 is 0. The number of nitrogens with zero attached hydrogens (tertiary/aromatic N) is 4. The summed E-state index contributed by atoms with van der Waals surface area (Å²) in [7, 11) is -3.73. The highest BCUT2D eigenvalue weighted by Gasteiger charge is 2.21. The van der Waals surface area contributed by atoms with Crippen molar-refractivity contribution in [1.82, 2.24) is 30.0 Å². The Morgan fingerprint density at radius 2 is 2.00 bits per heavy atom. The second kappa shape index (κ2) is 13.6. The molecule has 10 nitrogen and oxygen atoms in total. The topological polar surface area (TPSA) is 131 Å². The number of anilines is 1. The Morgan fingerprint density at radius 3 is 2.74 bits per heavy atom. The summed E-state index contributed by atoms with van der Waals surface area (Å²) in [4.78, 5) is 17.7. The maximum Gasteiger partial charge on any atom is 0.236 e. The quantitative estimate of drug-likeness (QED) is 0.210. The standard InChI is InChI=1S/C32H35N7O3S/c1-4-25-26(28(5-2)39-43(40,41)21-23-9-6-15-33-19-23)13-12-22(3)30(25)42-31-27(11-8-17-35-31)29-14-18-36-32(38-29)37-24-10-7-16-34-20-24/h4-6,8-9,11-15,17-19,24,34,39H,1,7,10,16,20-21H2,2-3H3,(H,36,37,38)/b28-5+/t24-/m0/s1. The summed E-state index contributed by atoms with van der Waals surface area (Å²) < 4.78 is 35.4. The van der Waals surface area contributed by atoms with E-state index in [9.17, 15) is 8.42 Å². The zero-order valence-electron chi connectivity index (χ0n) is 24.2. The predicted molar refractivity (Wildman–Crippen MR) is 170 cm³/mol. The first-order valence-electron chi connectivity index (χ1n) is 14.1. The summed E-state index contributed by atoms with van der Waals surface area (Å²) in [6.07, 6.45) is 12.0. The van der Waals surface area contributed by atoms with Crippen molar-refractivity contribution in [2.24, 2.45) is 0 Å². The molecule has 0 radical (unpaired) electrons. The van der Waals surface area contributed by atoms with Crippen LogP contribution in [0, 0.1) is 6.92 Å². The van der Waals surface area contributed by atoms with Gasteiger partial charge in [0.25, 0.3) is 0 Å². The van der Waals surface area contributed by atoms with Gasteiger partial charge in [0, 0.05) is 48.5 Å². The molecule has 3 N–H and O–H groups in total. The predicted octanol–water partition coefficient (Wildman–Crippen LogP) is 5.32. The van der Waals surface area contributed by atoms with Crippen molar-refractivity contribution in [3.8, 4) is 22.9 Å². The molecule has 4 aromatic rings. The molecule has 5 rings (SSSR count). The number of aromatic nitrogens is 4. The van der Waals surface area contributed by atoms with Crippen LogP contribution in [-0.2, 0) is 15.8 Å². The molecule has 1 saturated heterocycles. The summed E-state index contributed by atoms with van der Waals surface area (Å²) in [6, 6.07) is 13.0. The molecule has 0 saturated carbocycles. The summed E-state index contributed by atoms with van der Waals surface area (Å²) in [5, 5.41) is 6.82. The average Bonchev–Trinajstić information content (AvgIpc) is 3.02. The van der Waals surface area contributed by atoms with Gasteiger partial charge in [-0.3, -0.25) is 9.71 Å². The molecule has 0 spiro atoms. The van der Waals surface area contributed by atoms with Gasteiger partial charge in [-0.1, -0.05) is 36.9 Å². The molecule has 1 atom stereocenters. The maximum absolute atomic E-state index is 13.1. The van der Waals surface area contributed by atoms with Crippen LogP contribution in [0.5, 0.6) is 11.6 Å². The van der Waals surface area contributed by atoms with Gasteiger partial charge in [-0.15, -0.1) is 0 Å². The van der Waals surface area contributed by atoms with Crippen molar-refractivity contribution < 1.29 is 13.2 Å². The number of piperidine rings is 1. The third-order valence-electron chi connectivity index (χ3n) is 7.05. The van der Waals surface area contributed by atoms with Gasteiger partial charge in [0.05, 0.1) is 22.7 Å². The van der Waals surface area contributed by atoms with Crippen molar-refractivity contribution in [2.75, 3.05) is 18.4 Å². The van der Waals surface area contributed by atoms with E-state index in [-0.39, 0.29) is 11.8 Å². The van der Waals surface area contributed by atoms with Gasteiger partial charge in [0.1, 0.15) is 5.75 Å². The van der Waals surface area contributed by atoms with E-state index in [1.807, 2.05) is 37.3 Å². The highest BCUT2D eigenvalue weighted by molar-refractivity contribution is 7.89. The van der Waals surface area contributed by atoms with E-state index in [4.69, 9.17) is 9.72 Å². The third-order valence-corrected chi connectivity index (χ3v) is 8.30. The van der Waals surface area contributed by atoms with Crippen LogP contribution in [0.1, 0.15) is 42.0 Å². The Hall–Kier alpha value is -4.61. The van der Waals surface area contributed by atoms with E-state index in [0.29, 0.717) is 51.2 Å². The van der Waals surface area contributed by atoms with Crippen molar-refractivity contribution in [1.29, 1.82) is 0 Å². The Morgan fingerprint density at radius 1 is 1.14 bits per heavy atom. The van der Waals surface area contributed by atoms with E-state index in [0.717, 1.165) is 31.5 Å². The van der Waals surface area contributed by atoms with Gasteiger partial charge in [-0.2, -0.15) is 0 Å². The molecular weight excluding hydrogens is 562 g/mol. The fourth-order valence-electron chi connectivity index (χ4n) is 4.96. The van der Waals surface area contributed by atoms with Crippen LogP contribution in [0.15, 0.2) is 79.9 Å². The van der Waals surface area contributed by atoms with Crippen LogP contribution in [0.4, 0.5) is 5.95 Å². The summed E-state index contributed by atoms with van der Waals surface area (Å²) in [5.74, 6) is 1.21. The number of nitrogens with one attached hydrogen (secondary N) is 3. The smallest absolute Gasteiger partial charge is 0.236 e. The molecule has 1 aliphatic rings. The highest BCUT2D eigenvalue weighted by atomic mass is 32.2. The highest BCUT2D eigenvalue weighted by Crippen LogP contribution is 2.37. The fraction of sp³-hybridized carbons (Fsp3) is 0.250. The lowest BCUT2D eigenvalue weighted by Gasteiger charge is -2.23. The van der Waals surface area contributed by atoms with Crippen molar-refractivity contribution in [3.63, 3.8) is 0 Å². The maximum atomic E-state index is 13.1. The molecule has 0 unspecified atom stereocenters. The van der Waals surface area contributed by atoms with Gasteiger partial charge < -0.3 is 15.4 Å². The molecule has 1 fully saturated rings. The molecular formula is C32H35N7O3S. The van der Waals surface area contributed by atoms with E-state index in [1.54, 1.807) is 49.8 Å². The molecule has 3 aromatic heterocycles. The molecule has 1 aliphatic heterocycles. The minimum atomic E-state index is -3.73. The number of rotatable bonds is 11. The molecule has 0 amide bonds. The third kappa shape index (κ3) is 7.43. The number of allylic oxidation sites excluding steroid dienone is 1. The van der Waals surface area contributed by atoms with Crippen molar-refractivity contribution in [3.05, 3.63) is 102 Å². The van der Waals surface area contributed by atoms with Crippen molar-refractivity contribution in [2.45, 2.75) is 38.5 Å². The van der Waals surface area contributed by atoms with Gasteiger partial charge in [-0.25, -0.2) is 23.4 Å². The van der Waals surface area contributed by atoms with Gasteiger partial charge in [0.2, 0.25) is 21.9 Å². The van der Waals surface area contributed by atoms with E-state index in [1.165, 1.54) is 6.20 Å². The Bertz CT molecular complexity index is 1720. The number of hydrogen-bond acceptors (Lipinski definition) is 9. The van der Waals surface area contributed by atoms with E-state index in [2.05, 4.69) is 36.9 Å². The molecule has 11 heteroatoms. The second-order valence-electron chi connectivity index (χ2n) is 10.2. The number of benzene rings is 1. The van der Waals surface area contributed by atoms with Crippen molar-refractivity contribution >= 4 is 27.7 Å². The minimum Gasteiger partial charge on any atom is -0.437 e. The second-order valence-corrected chi connectivity index (χ2v) is 11.9. The van der Waals surface area contributed by atoms with Crippen LogP contribution >= 0.6 is 0 Å². The SMILES string of the molecule is C=Cc1c(/C(=C\C)NS(=O)(=O)Cc2cccnc2)ccc(C)c1Oc1ncccc1-c1ccnc(N[C@H]2CCCNC2)n1. The monoisotopic (exact) mass is 597 g/mol. The summed E-state index contributed by atoms with van der Waals surface area (Å²) in [5.41, 5.74) is 4.44. The Labute approximate surface area is 252 Å². The normalized spacial score (nSPS) is 15.5. The van der Waals surface area contributed by atoms with Crippen LogP contribution in [0.2, 0.25) is 0 Å². The Kier molecular flexibility index (Phi) is 9.43. The van der Waals surface area contributed by atoms with Crippen LogP contribution in [0.3, 0.4) is 0 Å². The van der Waals surface area contributed by atoms with Gasteiger partial charge >= 0.3 is 0 Å². The zero-order valence-corrected chi connectivity index (χ0v) is 25.1. The van der Waals surface area contributed by atoms with E-state index < -0.39 is 10.0 Å². The van der Waals surface area contributed by atoms with Gasteiger partial charge in [-0.05, 0) is 68.6 Å². The first-order chi connectivity index (χ1) is 20.9. The molecule has 222 valence electrons. The number of sulfonamides is 1. The lowest BCUT2D eigenvalue weighted by molar-refractivity contribution is 0.460. The molecule has 0 aliphatic carbocycles. The number of pyridine rings is 2. The molecule has 0 bridgehead atoms. The summed E-state index contributed by atoms with van der Waals surface area (Å²) in [6.45, 7) is 9.60. The van der Waals surface area contributed by atoms with Crippen LogP contribution in [0.25, 0.3) is 23.0 Å². The van der Waals surface area contributed by atoms with Crippen LogP contribution < -0.4 is 20.1 Å². The molecule has 4 heterocycles. The van der Waals surface area contributed by atoms with E-state index >= 15 is 0 Å². The van der Waals surface area contributed by atoms with Crippen LogP contribution in [-0.4, -0.2) is 47.5 Å². The lowest BCUT2D eigenvalue weighted by atomic mass is 10.00. The fourth-order valence-corrected chi connectivity index (χ4v) is 6.20. The molecule has 43 heavy (non-hydrogen) atoms. The minimum absolute atomic E-state index is 0.207. The lowest BCUT2D eigenvalue weighted by Crippen LogP contribution is -2.38. The first-order valence-corrected chi connectivity index (χ1v) is 15.8.